The molecule has 3 nitrogen and oxygen atoms in total. The highest BCUT2D eigenvalue weighted by molar-refractivity contribution is 7.09. The van der Waals surface area contributed by atoms with E-state index in [1.807, 2.05) is 11.7 Å². The molecular weight excluding hydrogens is 242 g/mol. The fourth-order valence-corrected chi connectivity index (χ4v) is 2.79. The van der Waals surface area contributed by atoms with E-state index in [4.69, 9.17) is 0 Å². The van der Waals surface area contributed by atoms with Crippen LogP contribution in [0.4, 0.5) is 0 Å². The number of nitrogens with zero attached hydrogens (tertiary/aromatic N) is 2. The topological polar surface area (TPSA) is 29.9 Å². The Labute approximate surface area is 113 Å². The first kappa shape index (κ1) is 13.3. The Kier molecular flexibility index (Phi) is 4.96. The highest BCUT2D eigenvalue weighted by Gasteiger charge is 2.10. The molecule has 0 spiro atoms. The van der Waals surface area contributed by atoms with Crippen molar-refractivity contribution in [2.75, 3.05) is 6.54 Å². The van der Waals surface area contributed by atoms with Gasteiger partial charge < -0.3 is 9.88 Å². The zero-order valence-corrected chi connectivity index (χ0v) is 11.9. The van der Waals surface area contributed by atoms with Crippen LogP contribution in [0.1, 0.15) is 43.2 Å². The quantitative estimate of drug-likeness (QED) is 0.829. The molecule has 98 valence electrons. The maximum Gasteiger partial charge on any atom is 0.0794 e. The summed E-state index contributed by atoms with van der Waals surface area (Å²) in [6.07, 6.45) is 8.76. The van der Waals surface area contributed by atoms with Gasteiger partial charge >= 0.3 is 0 Å². The summed E-state index contributed by atoms with van der Waals surface area (Å²) in [6, 6.07) is 2.71. The number of hydrogen-bond acceptors (Lipinski definition) is 3. The molecule has 0 aliphatic carbocycles. The summed E-state index contributed by atoms with van der Waals surface area (Å²) in [4.78, 5) is 5.41. The van der Waals surface area contributed by atoms with Crippen LogP contribution in [-0.4, -0.2) is 16.1 Å². The van der Waals surface area contributed by atoms with Gasteiger partial charge in [0.2, 0.25) is 0 Å². The second-order valence-corrected chi connectivity index (χ2v) is 5.45. The van der Waals surface area contributed by atoms with Crippen molar-refractivity contribution in [3.8, 4) is 0 Å². The number of thiazole rings is 1. The van der Waals surface area contributed by atoms with E-state index in [9.17, 15) is 0 Å². The minimum absolute atomic E-state index is 0.489. The fourth-order valence-electron chi connectivity index (χ4n) is 2.19. The average molecular weight is 263 g/mol. The molecule has 2 heterocycles. The van der Waals surface area contributed by atoms with Crippen LogP contribution in [0.3, 0.4) is 0 Å². The van der Waals surface area contributed by atoms with Crippen LogP contribution in [-0.2, 0) is 6.54 Å². The molecule has 0 fully saturated rings. The van der Waals surface area contributed by atoms with Crippen molar-refractivity contribution < 1.29 is 0 Å². The average Bonchev–Trinajstić information content (AvgIpc) is 3.01. The lowest BCUT2D eigenvalue weighted by Gasteiger charge is -2.15. The van der Waals surface area contributed by atoms with Crippen LogP contribution in [0, 0.1) is 0 Å². The first-order valence-electron chi connectivity index (χ1n) is 6.60. The summed E-state index contributed by atoms with van der Waals surface area (Å²) in [5.41, 5.74) is 3.28. The molecule has 18 heavy (non-hydrogen) atoms. The van der Waals surface area contributed by atoms with Crippen LogP contribution in [0.25, 0.3) is 0 Å². The Hall–Kier alpha value is -1.13. The van der Waals surface area contributed by atoms with Crippen LogP contribution in [0.2, 0.25) is 0 Å². The largest absolute Gasteiger partial charge is 0.349 e. The highest BCUT2D eigenvalue weighted by atomic mass is 32.1. The van der Waals surface area contributed by atoms with Crippen LogP contribution in [0.5, 0.6) is 0 Å². The Balaban J connectivity index is 2.03. The summed E-state index contributed by atoms with van der Waals surface area (Å²) in [5, 5.41) is 3.55. The maximum atomic E-state index is 4.11. The monoisotopic (exact) mass is 263 g/mol. The van der Waals surface area contributed by atoms with Gasteiger partial charge in [-0.1, -0.05) is 20.3 Å². The smallest absolute Gasteiger partial charge is 0.0794 e. The van der Waals surface area contributed by atoms with Gasteiger partial charge in [0, 0.05) is 29.5 Å². The summed E-state index contributed by atoms with van der Waals surface area (Å²) in [5.74, 6) is 0. The molecule has 0 radical (unpaired) electrons. The second kappa shape index (κ2) is 6.71. The van der Waals surface area contributed by atoms with Gasteiger partial charge in [0.15, 0.2) is 0 Å². The fraction of sp³-hybridized carbons (Fsp3) is 0.500. The van der Waals surface area contributed by atoms with Crippen LogP contribution < -0.4 is 5.32 Å². The van der Waals surface area contributed by atoms with E-state index in [-0.39, 0.29) is 0 Å². The van der Waals surface area contributed by atoms with Crippen molar-refractivity contribution >= 4 is 11.3 Å². The molecule has 0 amide bonds. The van der Waals surface area contributed by atoms with Gasteiger partial charge in [-0.3, -0.25) is 4.98 Å². The number of nitrogens with one attached hydrogen (secondary N) is 1. The molecule has 0 aliphatic heterocycles. The maximum absolute atomic E-state index is 4.11. The summed E-state index contributed by atoms with van der Waals surface area (Å²) >= 11 is 1.71. The van der Waals surface area contributed by atoms with E-state index < -0.39 is 0 Å². The standard InChI is InChI=1S/C14H21N3S/c1-3-5-14(16-4-2)12-6-7-17(9-12)10-13-8-15-11-18-13/h6-9,11,14,16H,3-5,10H2,1-2H3. The van der Waals surface area contributed by atoms with Crippen molar-refractivity contribution in [2.24, 2.45) is 0 Å². The first-order chi connectivity index (χ1) is 8.83. The first-order valence-corrected chi connectivity index (χ1v) is 7.47. The number of hydrogen-bond donors (Lipinski definition) is 1. The van der Waals surface area contributed by atoms with Gasteiger partial charge in [-0.15, -0.1) is 11.3 Å². The molecule has 0 aliphatic rings. The van der Waals surface area contributed by atoms with E-state index in [2.05, 4.69) is 47.2 Å². The summed E-state index contributed by atoms with van der Waals surface area (Å²) in [6.45, 7) is 6.34. The normalized spacial score (nSPS) is 12.8. The van der Waals surface area contributed by atoms with E-state index in [0.29, 0.717) is 6.04 Å². The zero-order valence-electron chi connectivity index (χ0n) is 11.1. The van der Waals surface area contributed by atoms with Gasteiger partial charge in [0.1, 0.15) is 0 Å². The van der Waals surface area contributed by atoms with Crippen molar-refractivity contribution in [1.82, 2.24) is 14.9 Å². The third-order valence-electron chi connectivity index (χ3n) is 3.03. The third-order valence-corrected chi connectivity index (χ3v) is 3.79. The lowest BCUT2D eigenvalue weighted by Crippen LogP contribution is -2.20. The second-order valence-electron chi connectivity index (χ2n) is 4.48. The minimum Gasteiger partial charge on any atom is -0.349 e. The summed E-state index contributed by atoms with van der Waals surface area (Å²) in [7, 11) is 0. The minimum atomic E-state index is 0.489. The Morgan fingerprint density at radius 2 is 2.33 bits per heavy atom. The lowest BCUT2D eigenvalue weighted by atomic mass is 10.1. The Morgan fingerprint density at radius 3 is 3.00 bits per heavy atom. The molecule has 0 saturated heterocycles. The lowest BCUT2D eigenvalue weighted by molar-refractivity contribution is 0.508. The molecule has 2 aromatic heterocycles. The highest BCUT2D eigenvalue weighted by Crippen LogP contribution is 2.19. The van der Waals surface area contributed by atoms with Gasteiger partial charge in [0.05, 0.1) is 12.1 Å². The molecule has 2 aromatic rings. The van der Waals surface area contributed by atoms with Gasteiger partial charge in [0.25, 0.3) is 0 Å². The predicted molar refractivity (Wildman–Crippen MR) is 77.0 cm³/mol. The van der Waals surface area contributed by atoms with E-state index in [1.165, 1.54) is 23.3 Å². The molecule has 4 heteroatoms. The molecule has 1 atom stereocenters. The molecular formula is C14H21N3S. The van der Waals surface area contributed by atoms with Gasteiger partial charge in [-0.05, 0) is 24.6 Å². The number of aromatic nitrogens is 2. The van der Waals surface area contributed by atoms with Crippen molar-refractivity contribution in [3.05, 3.63) is 40.6 Å². The van der Waals surface area contributed by atoms with Crippen LogP contribution in [0.15, 0.2) is 30.2 Å². The molecule has 2 rings (SSSR count). The number of rotatable bonds is 7. The van der Waals surface area contributed by atoms with Crippen molar-refractivity contribution in [3.63, 3.8) is 0 Å². The summed E-state index contributed by atoms with van der Waals surface area (Å²) < 4.78 is 2.24. The molecule has 1 N–H and O–H groups in total. The van der Waals surface area contributed by atoms with Crippen LogP contribution >= 0.6 is 11.3 Å². The van der Waals surface area contributed by atoms with Gasteiger partial charge in [-0.2, -0.15) is 0 Å². The van der Waals surface area contributed by atoms with Crippen molar-refractivity contribution in [1.29, 1.82) is 0 Å². The van der Waals surface area contributed by atoms with Gasteiger partial charge in [-0.25, -0.2) is 0 Å². The van der Waals surface area contributed by atoms with E-state index in [0.717, 1.165) is 13.1 Å². The molecule has 0 saturated carbocycles. The SMILES string of the molecule is CCCC(NCC)c1ccn(Cc2cncs2)c1. The van der Waals surface area contributed by atoms with E-state index >= 15 is 0 Å². The van der Waals surface area contributed by atoms with E-state index in [1.54, 1.807) is 11.3 Å². The molecule has 0 bridgehead atoms. The third kappa shape index (κ3) is 3.43. The Bertz CT molecular complexity index is 441. The zero-order chi connectivity index (χ0) is 12.8. The molecule has 0 aromatic carbocycles. The Morgan fingerprint density at radius 1 is 1.44 bits per heavy atom. The van der Waals surface area contributed by atoms with Crippen molar-refractivity contribution in [2.45, 2.75) is 39.3 Å². The molecule has 1 unspecified atom stereocenters. The predicted octanol–water partition coefficient (Wildman–Crippen LogP) is 3.44.